The zero-order valence-corrected chi connectivity index (χ0v) is 10.2. The van der Waals surface area contributed by atoms with E-state index in [0.717, 1.165) is 11.7 Å². The van der Waals surface area contributed by atoms with Crippen molar-refractivity contribution in [3.8, 4) is 0 Å². The standard InChI is InChI=1S/C9H15ClN2OS/c1-9(2,3)5-11-8-12-7(10)6(4-13)14-8/h13H,4-5H2,1-3H3,(H,11,12). The molecule has 1 heterocycles. The predicted octanol–water partition coefficient (Wildman–Crippen LogP) is 2.75. The number of hydrogen-bond acceptors (Lipinski definition) is 4. The molecule has 80 valence electrons. The number of anilines is 1. The number of thiazole rings is 1. The van der Waals surface area contributed by atoms with Crippen LogP contribution in [0.5, 0.6) is 0 Å². The summed E-state index contributed by atoms with van der Waals surface area (Å²) in [5, 5.41) is 13.3. The minimum absolute atomic E-state index is 0.0479. The largest absolute Gasteiger partial charge is 0.391 e. The van der Waals surface area contributed by atoms with Gasteiger partial charge in [0.15, 0.2) is 5.13 Å². The number of aliphatic hydroxyl groups excluding tert-OH is 1. The third-order valence-electron chi connectivity index (χ3n) is 1.56. The van der Waals surface area contributed by atoms with Gasteiger partial charge in [-0.05, 0) is 5.41 Å². The monoisotopic (exact) mass is 234 g/mol. The van der Waals surface area contributed by atoms with Gasteiger partial charge in [-0.25, -0.2) is 4.98 Å². The van der Waals surface area contributed by atoms with Crippen LogP contribution in [0.3, 0.4) is 0 Å². The van der Waals surface area contributed by atoms with Gasteiger partial charge >= 0.3 is 0 Å². The van der Waals surface area contributed by atoms with Crippen LogP contribution in [0.25, 0.3) is 0 Å². The molecule has 0 spiro atoms. The van der Waals surface area contributed by atoms with E-state index in [9.17, 15) is 0 Å². The Balaban J connectivity index is 2.60. The van der Waals surface area contributed by atoms with E-state index in [1.165, 1.54) is 11.3 Å². The third kappa shape index (κ3) is 3.44. The first-order valence-electron chi connectivity index (χ1n) is 4.42. The first-order chi connectivity index (χ1) is 6.42. The van der Waals surface area contributed by atoms with E-state index in [1.807, 2.05) is 0 Å². The molecule has 0 aliphatic heterocycles. The normalized spacial score (nSPS) is 11.8. The lowest BCUT2D eigenvalue weighted by molar-refractivity contribution is 0.285. The topological polar surface area (TPSA) is 45.2 Å². The fraction of sp³-hybridized carbons (Fsp3) is 0.667. The number of rotatable bonds is 3. The molecule has 0 atom stereocenters. The molecule has 0 aliphatic rings. The Morgan fingerprint density at radius 2 is 2.14 bits per heavy atom. The molecule has 0 fully saturated rings. The van der Waals surface area contributed by atoms with Crippen molar-refractivity contribution in [1.82, 2.24) is 4.98 Å². The van der Waals surface area contributed by atoms with Crippen LogP contribution in [0.4, 0.5) is 5.13 Å². The SMILES string of the molecule is CC(C)(C)CNc1nc(Cl)c(CO)s1. The molecule has 1 aromatic heterocycles. The molecule has 3 nitrogen and oxygen atoms in total. The second kappa shape index (κ2) is 4.47. The number of halogens is 1. The number of hydrogen-bond donors (Lipinski definition) is 2. The summed E-state index contributed by atoms with van der Waals surface area (Å²) in [6.07, 6.45) is 0. The summed E-state index contributed by atoms with van der Waals surface area (Å²) in [7, 11) is 0. The second-order valence-corrected chi connectivity index (χ2v) is 5.75. The fourth-order valence-corrected chi connectivity index (χ4v) is 1.87. The molecule has 0 unspecified atom stereocenters. The molecule has 2 N–H and O–H groups in total. The highest BCUT2D eigenvalue weighted by Crippen LogP contribution is 2.27. The molecule has 0 aromatic carbocycles. The van der Waals surface area contributed by atoms with E-state index < -0.39 is 0 Å². The fourth-order valence-electron chi connectivity index (χ4n) is 0.847. The third-order valence-corrected chi connectivity index (χ3v) is 2.99. The maximum Gasteiger partial charge on any atom is 0.184 e. The lowest BCUT2D eigenvalue weighted by atomic mass is 9.97. The maximum absolute atomic E-state index is 8.92. The van der Waals surface area contributed by atoms with Gasteiger partial charge in [-0.2, -0.15) is 0 Å². The van der Waals surface area contributed by atoms with Crippen LogP contribution in [0, 0.1) is 5.41 Å². The van der Waals surface area contributed by atoms with E-state index in [4.69, 9.17) is 16.7 Å². The summed E-state index contributed by atoms with van der Waals surface area (Å²) in [5.74, 6) is 0. The highest BCUT2D eigenvalue weighted by Gasteiger charge is 2.12. The lowest BCUT2D eigenvalue weighted by Crippen LogP contribution is -2.18. The smallest absolute Gasteiger partial charge is 0.184 e. The Labute approximate surface area is 93.1 Å². The molecule has 0 amide bonds. The lowest BCUT2D eigenvalue weighted by Gasteiger charge is -2.17. The zero-order chi connectivity index (χ0) is 10.8. The highest BCUT2D eigenvalue weighted by molar-refractivity contribution is 7.16. The van der Waals surface area contributed by atoms with E-state index in [0.29, 0.717) is 10.0 Å². The average molecular weight is 235 g/mol. The Morgan fingerprint density at radius 3 is 2.57 bits per heavy atom. The minimum atomic E-state index is -0.0479. The summed E-state index contributed by atoms with van der Waals surface area (Å²) in [4.78, 5) is 4.81. The van der Waals surface area contributed by atoms with Crippen molar-refractivity contribution in [2.75, 3.05) is 11.9 Å². The molecule has 0 radical (unpaired) electrons. The zero-order valence-electron chi connectivity index (χ0n) is 8.59. The summed E-state index contributed by atoms with van der Waals surface area (Å²) >= 11 is 7.19. The Bertz CT molecular complexity index is 306. The summed E-state index contributed by atoms with van der Waals surface area (Å²) in [6.45, 7) is 7.21. The summed E-state index contributed by atoms with van der Waals surface area (Å²) in [5.41, 5.74) is 0.206. The van der Waals surface area contributed by atoms with E-state index in [2.05, 4.69) is 31.1 Å². The van der Waals surface area contributed by atoms with Gasteiger partial charge in [-0.15, -0.1) is 0 Å². The predicted molar refractivity (Wildman–Crippen MR) is 61.0 cm³/mol. The average Bonchev–Trinajstić information content (AvgIpc) is 2.42. The Morgan fingerprint density at radius 1 is 1.50 bits per heavy atom. The van der Waals surface area contributed by atoms with Crippen LogP contribution in [-0.4, -0.2) is 16.6 Å². The van der Waals surface area contributed by atoms with Crippen molar-refractivity contribution in [2.24, 2.45) is 5.41 Å². The van der Waals surface area contributed by atoms with Gasteiger partial charge in [0.05, 0.1) is 11.5 Å². The van der Waals surface area contributed by atoms with Crippen LogP contribution in [0.2, 0.25) is 5.15 Å². The molecule has 14 heavy (non-hydrogen) atoms. The number of aromatic nitrogens is 1. The Hall–Kier alpha value is -0.320. The van der Waals surface area contributed by atoms with Crippen molar-refractivity contribution in [2.45, 2.75) is 27.4 Å². The van der Waals surface area contributed by atoms with Crippen molar-refractivity contribution >= 4 is 28.1 Å². The molecule has 0 bridgehead atoms. The second-order valence-electron chi connectivity index (χ2n) is 4.31. The molecule has 0 aliphatic carbocycles. The first kappa shape index (κ1) is 11.8. The first-order valence-corrected chi connectivity index (χ1v) is 5.62. The van der Waals surface area contributed by atoms with Crippen LogP contribution >= 0.6 is 22.9 Å². The molecule has 5 heteroatoms. The van der Waals surface area contributed by atoms with E-state index in [-0.39, 0.29) is 12.0 Å². The number of nitrogens with one attached hydrogen (secondary N) is 1. The van der Waals surface area contributed by atoms with Gasteiger partial charge < -0.3 is 10.4 Å². The molecule has 1 rings (SSSR count). The van der Waals surface area contributed by atoms with Crippen LogP contribution < -0.4 is 5.32 Å². The maximum atomic E-state index is 8.92. The summed E-state index contributed by atoms with van der Waals surface area (Å²) in [6, 6.07) is 0. The number of aliphatic hydroxyl groups is 1. The van der Waals surface area contributed by atoms with Gasteiger partial charge in [-0.3, -0.25) is 0 Å². The summed E-state index contributed by atoms with van der Waals surface area (Å²) < 4.78 is 0. The van der Waals surface area contributed by atoms with Gasteiger partial charge in [0.2, 0.25) is 0 Å². The van der Waals surface area contributed by atoms with Crippen molar-refractivity contribution < 1.29 is 5.11 Å². The quantitative estimate of drug-likeness (QED) is 0.846. The van der Waals surface area contributed by atoms with Gasteiger partial charge in [0, 0.05) is 6.54 Å². The number of nitrogens with zero attached hydrogens (tertiary/aromatic N) is 1. The van der Waals surface area contributed by atoms with E-state index >= 15 is 0 Å². The van der Waals surface area contributed by atoms with Crippen molar-refractivity contribution in [3.05, 3.63) is 10.0 Å². The van der Waals surface area contributed by atoms with Gasteiger partial charge in [0.25, 0.3) is 0 Å². The molecular formula is C9H15ClN2OS. The van der Waals surface area contributed by atoms with Crippen LogP contribution in [0.1, 0.15) is 25.6 Å². The molecular weight excluding hydrogens is 220 g/mol. The molecule has 1 aromatic rings. The van der Waals surface area contributed by atoms with Gasteiger partial charge in [-0.1, -0.05) is 43.7 Å². The molecule has 0 saturated heterocycles. The van der Waals surface area contributed by atoms with Crippen LogP contribution in [0.15, 0.2) is 0 Å². The highest BCUT2D eigenvalue weighted by atomic mass is 35.5. The van der Waals surface area contributed by atoms with Crippen LogP contribution in [-0.2, 0) is 6.61 Å². The van der Waals surface area contributed by atoms with Gasteiger partial charge in [0.1, 0.15) is 5.15 Å². The van der Waals surface area contributed by atoms with Crippen molar-refractivity contribution in [1.29, 1.82) is 0 Å². The molecule has 0 saturated carbocycles. The van der Waals surface area contributed by atoms with E-state index in [1.54, 1.807) is 0 Å². The Kier molecular flexibility index (Phi) is 3.75. The minimum Gasteiger partial charge on any atom is -0.391 e. The van der Waals surface area contributed by atoms with Crippen molar-refractivity contribution in [3.63, 3.8) is 0 Å².